The van der Waals surface area contributed by atoms with Gasteiger partial charge < -0.3 is 10.1 Å². The van der Waals surface area contributed by atoms with E-state index in [1.807, 2.05) is 12.1 Å². The van der Waals surface area contributed by atoms with Gasteiger partial charge >= 0.3 is 0 Å². The minimum atomic E-state index is 0.702. The van der Waals surface area contributed by atoms with Gasteiger partial charge in [-0.1, -0.05) is 26.0 Å². The zero-order valence-corrected chi connectivity index (χ0v) is 9.21. The van der Waals surface area contributed by atoms with E-state index < -0.39 is 0 Å². The molecule has 1 N–H and O–H groups in total. The molecule has 78 valence electrons. The molecule has 0 aliphatic heterocycles. The highest BCUT2D eigenvalue weighted by atomic mass is 16.5. The van der Waals surface area contributed by atoms with Crippen LogP contribution in [-0.2, 0) is 6.54 Å². The van der Waals surface area contributed by atoms with Gasteiger partial charge in [0, 0.05) is 6.54 Å². The second kappa shape index (κ2) is 5.66. The average molecular weight is 193 g/mol. The van der Waals surface area contributed by atoms with Gasteiger partial charge in [-0.15, -0.1) is 0 Å². The van der Waals surface area contributed by atoms with Crippen molar-refractivity contribution in [3.8, 4) is 5.75 Å². The molecule has 0 bridgehead atoms. The number of benzene rings is 1. The molecular formula is C12H19NO. The molecule has 0 radical (unpaired) electrons. The highest BCUT2D eigenvalue weighted by Crippen LogP contribution is 2.10. The minimum absolute atomic E-state index is 0.702. The number of rotatable bonds is 5. The molecule has 0 heterocycles. The molecule has 0 fully saturated rings. The van der Waals surface area contributed by atoms with Gasteiger partial charge in [0.25, 0.3) is 0 Å². The van der Waals surface area contributed by atoms with Crippen molar-refractivity contribution in [2.75, 3.05) is 13.7 Å². The Kier molecular flexibility index (Phi) is 4.47. The van der Waals surface area contributed by atoms with Gasteiger partial charge in [0.2, 0.25) is 0 Å². The Morgan fingerprint density at radius 1 is 1.21 bits per heavy atom. The fourth-order valence-corrected chi connectivity index (χ4v) is 1.25. The van der Waals surface area contributed by atoms with Crippen molar-refractivity contribution in [1.82, 2.24) is 5.32 Å². The van der Waals surface area contributed by atoms with Crippen molar-refractivity contribution in [3.05, 3.63) is 29.8 Å². The molecule has 0 aromatic heterocycles. The maximum Gasteiger partial charge on any atom is 0.118 e. The summed E-state index contributed by atoms with van der Waals surface area (Å²) in [5, 5.41) is 3.40. The summed E-state index contributed by atoms with van der Waals surface area (Å²) in [6.07, 6.45) is 0. The van der Waals surface area contributed by atoms with Crippen LogP contribution in [-0.4, -0.2) is 13.7 Å². The Bertz CT molecular complexity index is 254. The van der Waals surface area contributed by atoms with E-state index in [2.05, 4.69) is 31.3 Å². The van der Waals surface area contributed by atoms with Crippen molar-refractivity contribution in [2.45, 2.75) is 20.4 Å². The first kappa shape index (κ1) is 11.1. The largest absolute Gasteiger partial charge is 0.497 e. The van der Waals surface area contributed by atoms with Crippen LogP contribution in [0.5, 0.6) is 5.75 Å². The lowest BCUT2D eigenvalue weighted by Crippen LogP contribution is -2.18. The predicted molar refractivity (Wildman–Crippen MR) is 59.5 cm³/mol. The molecule has 2 heteroatoms. The summed E-state index contributed by atoms with van der Waals surface area (Å²) < 4.78 is 5.09. The lowest BCUT2D eigenvalue weighted by atomic mass is 10.2. The predicted octanol–water partition coefficient (Wildman–Crippen LogP) is 2.44. The fraction of sp³-hybridized carbons (Fsp3) is 0.500. The van der Waals surface area contributed by atoms with Crippen molar-refractivity contribution in [3.63, 3.8) is 0 Å². The van der Waals surface area contributed by atoms with E-state index in [0.29, 0.717) is 5.92 Å². The van der Waals surface area contributed by atoms with E-state index in [1.54, 1.807) is 7.11 Å². The van der Waals surface area contributed by atoms with Gasteiger partial charge in [-0.05, 0) is 30.2 Å². The third-order valence-corrected chi connectivity index (χ3v) is 2.04. The normalized spacial score (nSPS) is 10.6. The maximum absolute atomic E-state index is 5.09. The van der Waals surface area contributed by atoms with E-state index in [4.69, 9.17) is 4.74 Å². The van der Waals surface area contributed by atoms with E-state index in [9.17, 15) is 0 Å². The third kappa shape index (κ3) is 3.79. The monoisotopic (exact) mass is 193 g/mol. The molecule has 0 spiro atoms. The summed E-state index contributed by atoms with van der Waals surface area (Å²) in [7, 11) is 1.69. The first-order chi connectivity index (χ1) is 6.72. The first-order valence-corrected chi connectivity index (χ1v) is 5.06. The van der Waals surface area contributed by atoms with Gasteiger partial charge in [0.15, 0.2) is 0 Å². The molecule has 2 nitrogen and oxygen atoms in total. The van der Waals surface area contributed by atoms with E-state index in [-0.39, 0.29) is 0 Å². The summed E-state index contributed by atoms with van der Waals surface area (Å²) in [6, 6.07) is 8.16. The molecule has 0 aliphatic carbocycles. The Hall–Kier alpha value is -1.02. The fourth-order valence-electron chi connectivity index (χ4n) is 1.25. The molecule has 1 aromatic carbocycles. The van der Waals surface area contributed by atoms with Crippen LogP contribution in [0.25, 0.3) is 0 Å². The third-order valence-electron chi connectivity index (χ3n) is 2.04. The summed E-state index contributed by atoms with van der Waals surface area (Å²) in [5.41, 5.74) is 1.30. The topological polar surface area (TPSA) is 21.3 Å². The Labute approximate surface area is 86.3 Å². The zero-order chi connectivity index (χ0) is 10.4. The maximum atomic E-state index is 5.09. The van der Waals surface area contributed by atoms with Crippen molar-refractivity contribution in [1.29, 1.82) is 0 Å². The number of ether oxygens (including phenoxy) is 1. The number of nitrogens with one attached hydrogen (secondary N) is 1. The van der Waals surface area contributed by atoms with Crippen LogP contribution in [0, 0.1) is 5.92 Å². The summed E-state index contributed by atoms with van der Waals surface area (Å²) in [5.74, 6) is 1.62. The Morgan fingerprint density at radius 3 is 2.36 bits per heavy atom. The molecule has 1 rings (SSSR count). The standard InChI is InChI=1S/C12H19NO/c1-10(2)8-13-9-11-4-6-12(14-3)7-5-11/h4-7,10,13H,8-9H2,1-3H3. The van der Waals surface area contributed by atoms with Gasteiger partial charge in [-0.25, -0.2) is 0 Å². The van der Waals surface area contributed by atoms with Crippen LogP contribution in [0.4, 0.5) is 0 Å². The Morgan fingerprint density at radius 2 is 1.86 bits per heavy atom. The average Bonchev–Trinajstić information content (AvgIpc) is 2.18. The SMILES string of the molecule is COc1ccc(CNCC(C)C)cc1. The number of methoxy groups -OCH3 is 1. The van der Waals surface area contributed by atoms with Crippen LogP contribution in [0.15, 0.2) is 24.3 Å². The minimum Gasteiger partial charge on any atom is -0.497 e. The van der Waals surface area contributed by atoms with Gasteiger partial charge in [0.1, 0.15) is 5.75 Å². The Balaban J connectivity index is 2.36. The van der Waals surface area contributed by atoms with Gasteiger partial charge in [-0.2, -0.15) is 0 Å². The number of hydrogen-bond acceptors (Lipinski definition) is 2. The molecule has 1 aromatic rings. The van der Waals surface area contributed by atoms with Crippen molar-refractivity contribution >= 4 is 0 Å². The second-order valence-corrected chi connectivity index (χ2v) is 3.87. The molecule has 0 atom stereocenters. The first-order valence-electron chi connectivity index (χ1n) is 5.06. The van der Waals surface area contributed by atoms with Crippen LogP contribution in [0.1, 0.15) is 19.4 Å². The highest BCUT2D eigenvalue weighted by Gasteiger charge is 1.95. The lowest BCUT2D eigenvalue weighted by Gasteiger charge is -2.07. The van der Waals surface area contributed by atoms with E-state index in [0.717, 1.165) is 18.8 Å². The van der Waals surface area contributed by atoms with Crippen molar-refractivity contribution < 1.29 is 4.74 Å². The second-order valence-electron chi connectivity index (χ2n) is 3.87. The van der Waals surface area contributed by atoms with Crippen LogP contribution >= 0.6 is 0 Å². The van der Waals surface area contributed by atoms with E-state index in [1.165, 1.54) is 5.56 Å². The van der Waals surface area contributed by atoms with Gasteiger partial charge in [0.05, 0.1) is 7.11 Å². The molecule has 0 saturated heterocycles. The lowest BCUT2D eigenvalue weighted by molar-refractivity contribution is 0.414. The molecular weight excluding hydrogens is 174 g/mol. The highest BCUT2D eigenvalue weighted by molar-refractivity contribution is 5.26. The molecule has 0 aliphatic rings. The molecule has 0 unspecified atom stereocenters. The molecule has 14 heavy (non-hydrogen) atoms. The zero-order valence-electron chi connectivity index (χ0n) is 9.21. The number of hydrogen-bond donors (Lipinski definition) is 1. The van der Waals surface area contributed by atoms with Gasteiger partial charge in [-0.3, -0.25) is 0 Å². The van der Waals surface area contributed by atoms with E-state index >= 15 is 0 Å². The van der Waals surface area contributed by atoms with Crippen LogP contribution in [0.3, 0.4) is 0 Å². The summed E-state index contributed by atoms with van der Waals surface area (Å²) in [4.78, 5) is 0. The van der Waals surface area contributed by atoms with Crippen LogP contribution in [0.2, 0.25) is 0 Å². The van der Waals surface area contributed by atoms with Crippen LogP contribution < -0.4 is 10.1 Å². The molecule has 0 saturated carbocycles. The van der Waals surface area contributed by atoms with Crippen molar-refractivity contribution in [2.24, 2.45) is 5.92 Å². The quantitative estimate of drug-likeness (QED) is 0.775. The summed E-state index contributed by atoms with van der Waals surface area (Å²) >= 11 is 0. The smallest absolute Gasteiger partial charge is 0.118 e. The molecule has 0 amide bonds. The summed E-state index contributed by atoms with van der Waals surface area (Å²) in [6.45, 7) is 6.41.